The molecule has 0 radical (unpaired) electrons. The molecule has 0 saturated carbocycles. The highest BCUT2D eigenvalue weighted by atomic mass is 35.5. The summed E-state index contributed by atoms with van der Waals surface area (Å²) in [4.78, 5) is 12.0. The molecule has 23 heavy (non-hydrogen) atoms. The highest BCUT2D eigenvalue weighted by Gasteiger charge is 2.30. The third kappa shape index (κ3) is 4.02. The van der Waals surface area contributed by atoms with E-state index >= 15 is 0 Å². The number of thiol groups is 1. The van der Waals surface area contributed by atoms with Crippen molar-refractivity contribution >= 4 is 41.8 Å². The predicted octanol–water partition coefficient (Wildman–Crippen LogP) is 4.95. The Hall–Kier alpha value is -2.06. The monoisotopic (exact) mass is 362 g/mol. The van der Waals surface area contributed by atoms with Crippen molar-refractivity contribution in [3.05, 3.63) is 53.1 Å². The number of hydrogen-bond acceptors (Lipinski definition) is 3. The Kier molecular flexibility index (Phi) is 4.96. The number of hydrogen-bond donors (Lipinski definition) is 3. The number of urea groups is 1. The number of para-hydroxylation sites is 1. The van der Waals surface area contributed by atoms with Crippen LogP contribution < -0.4 is 9.62 Å². The van der Waals surface area contributed by atoms with Gasteiger partial charge in [-0.25, -0.2) is 9.10 Å². The van der Waals surface area contributed by atoms with E-state index in [-0.39, 0.29) is 22.1 Å². The van der Waals surface area contributed by atoms with E-state index in [4.69, 9.17) is 11.6 Å². The highest BCUT2D eigenvalue weighted by Crippen LogP contribution is 2.35. The SMILES string of the molecule is O=C(Nc1ccc(C(F)(F)F)cc1)N(S)c1cccc(Cl)c1O. The van der Waals surface area contributed by atoms with Gasteiger partial charge in [-0.2, -0.15) is 13.2 Å². The molecule has 0 heterocycles. The Morgan fingerprint density at radius 2 is 1.78 bits per heavy atom. The summed E-state index contributed by atoms with van der Waals surface area (Å²) in [5, 5.41) is 12.2. The lowest BCUT2D eigenvalue weighted by atomic mass is 10.2. The number of nitrogens with zero attached hydrogens (tertiary/aromatic N) is 1. The second kappa shape index (κ2) is 6.59. The van der Waals surface area contributed by atoms with Gasteiger partial charge in [0, 0.05) is 5.69 Å². The van der Waals surface area contributed by atoms with Gasteiger partial charge in [0.2, 0.25) is 0 Å². The first kappa shape index (κ1) is 17.3. The van der Waals surface area contributed by atoms with E-state index in [1.54, 1.807) is 0 Å². The van der Waals surface area contributed by atoms with Gasteiger partial charge in [-0.1, -0.05) is 30.5 Å². The lowest BCUT2D eigenvalue weighted by molar-refractivity contribution is -0.137. The van der Waals surface area contributed by atoms with Crippen molar-refractivity contribution < 1.29 is 23.1 Å². The lowest BCUT2D eigenvalue weighted by Gasteiger charge is -2.18. The molecule has 0 aromatic heterocycles. The maximum Gasteiger partial charge on any atom is 0.416 e. The van der Waals surface area contributed by atoms with Crippen LogP contribution in [0, 0.1) is 0 Å². The average Bonchev–Trinajstić information content (AvgIpc) is 2.49. The van der Waals surface area contributed by atoms with Gasteiger partial charge in [0.05, 0.1) is 10.6 Å². The van der Waals surface area contributed by atoms with Crippen molar-refractivity contribution in [3.63, 3.8) is 0 Å². The normalized spacial score (nSPS) is 11.2. The number of amides is 2. The zero-order valence-electron chi connectivity index (χ0n) is 11.3. The number of benzene rings is 2. The van der Waals surface area contributed by atoms with Crippen LogP contribution >= 0.6 is 24.4 Å². The molecular formula is C14H10ClF3N2O2S. The summed E-state index contributed by atoms with van der Waals surface area (Å²) in [6.07, 6.45) is -4.45. The number of carbonyl (C=O) groups is 1. The van der Waals surface area contributed by atoms with Gasteiger partial charge < -0.3 is 10.4 Å². The third-order valence-corrected chi connectivity index (χ3v) is 3.55. The standard InChI is InChI=1S/C14H10ClF3N2O2S/c15-10-2-1-3-11(12(10)21)20(23)13(22)19-9-6-4-8(5-7-9)14(16,17)18/h1-7,21,23H,(H,19,22). The van der Waals surface area contributed by atoms with Crippen molar-refractivity contribution in [2.24, 2.45) is 0 Å². The van der Waals surface area contributed by atoms with Gasteiger partial charge in [0.25, 0.3) is 0 Å². The molecule has 0 bridgehead atoms. The Bertz CT molecular complexity index is 723. The van der Waals surface area contributed by atoms with Crippen LogP contribution in [0.25, 0.3) is 0 Å². The minimum atomic E-state index is -4.45. The van der Waals surface area contributed by atoms with Crippen LogP contribution in [0.5, 0.6) is 5.75 Å². The van der Waals surface area contributed by atoms with Gasteiger partial charge in [-0.3, -0.25) is 0 Å². The van der Waals surface area contributed by atoms with Crippen LogP contribution in [-0.4, -0.2) is 11.1 Å². The van der Waals surface area contributed by atoms with E-state index in [1.165, 1.54) is 18.2 Å². The van der Waals surface area contributed by atoms with Crippen LogP contribution in [0.2, 0.25) is 5.02 Å². The van der Waals surface area contributed by atoms with Gasteiger partial charge in [-0.05, 0) is 36.4 Å². The van der Waals surface area contributed by atoms with Crippen molar-refractivity contribution in [3.8, 4) is 5.75 Å². The second-order valence-electron chi connectivity index (χ2n) is 4.42. The third-order valence-electron chi connectivity index (χ3n) is 2.85. The highest BCUT2D eigenvalue weighted by molar-refractivity contribution is 7.82. The molecular weight excluding hydrogens is 353 g/mol. The van der Waals surface area contributed by atoms with Crippen molar-refractivity contribution in [2.75, 3.05) is 9.62 Å². The molecule has 0 fully saturated rings. The quantitative estimate of drug-likeness (QED) is 0.662. The number of halogens is 4. The first-order valence-electron chi connectivity index (χ1n) is 6.15. The fraction of sp³-hybridized carbons (Fsp3) is 0.0714. The number of phenols is 1. The first-order valence-corrected chi connectivity index (χ1v) is 6.92. The molecule has 0 aliphatic rings. The van der Waals surface area contributed by atoms with E-state index in [9.17, 15) is 23.1 Å². The summed E-state index contributed by atoms with van der Waals surface area (Å²) in [5.41, 5.74) is -0.653. The average molecular weight is 363 g/mol. The molecule has 4 nitrogen and oxygen atoms in total. The molecule has 2 N–H and O–H groups in total. The van der Waals surface area contributed by atoms with Crippen molar-refractivity contribution in [1.29, 1.82) is 0 Å². The predicted molar refractivity (Wildman–Crippen MR) is 85.0 cm³/mol. The van der Waals surface area contributed by atoms with Crippen LogP contribution in [0.1, 0.15) is 5.56 Å². The number of anilines is 2. The van der Waals surface area contributed by atoms with E-state index in [0.717, 1.165) is 28.6 Å². The van der Waals surface area contributed by atoms with Gasteiger partial charge in [0.15, 0.2) is 5.75 Å². The van der Waals surface area contributed by atoms with E-state index in [1.807, 2.05) is 0 Å². The molecule has 0 saturated heterocycles. The zero-order valence-corrected chi connectivity index (χ0v) is 13.0. The number of carbonyl (C=O) groups excluding carboxylic acids is 1. The molecule has 2 aromatic rings. The van der Waals surface area contributed by atoms with Crippen molar-refractivity contribution in [1.82, 2.24) is 0 Å². The van der Waals surface area contributed by atoms with E-state index in [0.29, 0.717) is 0 Å². The van der Waals surface area contributed by atoms with E-state index < -0.39 is 17.8 Å². The molecule has 2 rings (SSSR count). The second-order valence-corrected chi connectivity index (χ2v) is 5.23. The van der Waals surface area contributed by atoms with Gasteiger partial charge >= 0.3 is 12.2 Å². The molecule has 2 amide bonds. The maximum absolute atomic E-state index is 12.5. The summed E-state index contributed by atoms with van der Waals surface area (Å²) in [6, 6.07) is 7.47. The summed E-state index contributed by atoms with van der Waals surface area (Å²) >= 11 is 9.68. The zero-order chi connectivity index (χ0) is 17.2. The fourth-order valence-electron chi connectivity index (χ4n) is 1.70. The molecule has 0 atom stereocenters. The maximum atomic E-state index is 12.5. The summed E-state index contributed by atoms with van der Waals surface area (Å²) in [7, 11) is 0. The number of phenolic OH excluding ortho intramolecular Hbond substituents is 1. The molecule has 122 valence electrons. The molecule has 0 aliphatic heterocycles. The van der Waals surface area contributed by atoms with Crippen LogP contribution in [0.4, 0.5) is 29.3 Å². The molecule has 0 aliphatic carbocycles. The van der Waals surface area contributed by atoms with Crippen LogP contribution in [0.3, 0.4) is 0 Å². The largest absolute Gasteiger partial charge is 0.504 e. The number of rotatable bonds is 2. The van der Waals surface area contributed by atoms with Gasteiger partial charge in [-0.15, -0.1) is 0 Å². The first-order chi connectivity index (χ1) is 10.7. The molecule has 0 unspecified atom stereocenters. The Balaban J connectivity index is 2.14. The number of aromatic hydroxyl groups is 1. The number of alkyl halides is 3. The topological polar surface area (TPSA) is 52.6 Å². The molecule has 0 spiro atoms. The molecule has 9 heteroatoms. The smallest absolute Gasteiger partial charge is 0.416 e. The van der Waals surface area contributed by atoms with Crippen molar-refractivity contribution in [2.45, 2.75) is 6.18 Å². The minimum Gasteiger partial charge on any atom is -0.504 e. The minimum absolute atomic E-state index is 0.0314. The summed E-state index contributed by atoms with van der Waals surface area (Å²) in [5.74, 6) is -0.341. The Morgan fingerprint density at radius 3 is 2.35 bits per heavy atom. The van der Waals surface area contributed by atoms with Crippen LogP contribution in [0.15, 0.2) is 42.5 Å². The Morgan fingerprint density at radius 1 is 1.17 bits per heavy atom. The lowest BCUT2D eigenvalue weighted by Crippen LogP contribution is -2.26. The van der Waals surface area contributed by atoms with Crippen LogP contribution in [-0.2, 0) is 6.18 Å². The molecule has 2 aromatic carbocycles. The van der Waals surface area contributed by atoms with Gasteiger partial charge in [0.1, 0.15) is 5.69 Å². The van der Waals surface area contributed by atoms with E-state index in [2.05, 4.69) is 18.1 Å². The fourth-order valence-corrected chi connectivity index (χ4v) is 2.08. The summed E-state index contributed by atoms with van der Waals surface area (Å²) < 4.78 is 38.2. The Labute approximate surface area is 140 Å². The number of nitrogens with one attached hydrogen (secondary N) is 1. The summed E-state index contributed by atoms with van der Waals surface area (Å²) in [6.45, 7) is 0.